The SMILES string of the molecule is Cc1nc(SCC(=O)NC[C@H]2COc3ccccc3O2)c(C#N)c(C)c1C. The van der Waals surface area contributed by atoms with Crippen LogP contribution >= 0.6 is 11.8 Å². The van der Waals surface area contributed by atoms with Crippen LogP contribution in [0.3, 0.4) is 0 Å². The lowest BCUT2D eigenvalue weighted by Crippen LogP contribution is -2.41. The van der Waals surface area contributed by atoms with E-state index in [1.807, 2.05) is 45.0 Å². The monoisotopic (exact) mass is 383 g/mol. The molecule has 140 valence electrons. The molecule has 1 aliphatic heterocycles. The van der Waals surface area contributed by atoms with E-state index >= 15 is 0 Å². The van der Waals surface area contributed by atoms with E-state index in [2.05, 4.69) is 16.4 Å². The average molecular weight is 383 g/mol. The summed E-state index contributed by atoms with van der Waals surface area (Å²) in [6.45, 7) is 6.51. The van der Waals surface area contributed by atoms with Crippen molar-refractivity contribution in [2.24, 2.45) is 0 Å². The molecule has 7 heteroatoms. The Morgan fingerprint density at radius 2 is 2.04 bits per heavy atom. The van der Waals surface area contributed by atoms with Gasteiger partial charge in [-0.2, -0.15) is 5.26 Å². The Morgan fingerprint density at radius 1 is 1.30 bits per heavy atom. The third kappa shape index (κ3) is 4.34. The summed E-state index contributed by atoms with van der Waals surface area (Å²) in [5.41, 5.74) is 3.34. The largest absolute Gasteiger partial charge is 0.486 e. The number of carbonyl (C=O) groups is 1. The minimum atomic E-state index is -0.231. The van der Waals surface area contributed by atoms with Crippen LogP contribution in [0, 0.1) is 32.1 Å². The fourth-order valence-electron chi connectivity index (χ4n) is 2.72. The number of rotatable bonds is 5. The number of thioether (sulfide) groups is 1. The fourth-order valence-corrected chi connectivity index (χ4v) is 3.64. The standard InChI is InChI=1S/C20H21N3O3S/c1-12-13(2)16(8-21)20(23-14(12)3)27-11-19(24)22-9-15-10-25-17-6-4-5-7-18(17)26-15/h4-7,15H,9-11H2,1-3H3,(H,22,24)/t15-/m0/s1. The molecule has 2 aromatic rings. The highest BCUT2D eigenvalue weighted by Gasteiger charge is 2.21. The molecule has 0 radical (unpaired) electrons. The second-order valence-corrected chi connectivity index (χ2v) is 7.29. The molecule has 0 saturated carbocycles. The number of nitrogens with one attached hydrogen (secondary N) is 1. The molecule has 27 heavy (non-hydrogen) atoms. The molecule has 1 amide bonds. The molecule has 1 N–H and O–H groups in total. The van der Waals surface area contributed by atoms with E-state index in [0.29, 0.717) is 29.5 Å². The highest BCUT2D eigenvalue weighted by atomic mass is 32.2. The molecule has 6 nitrogen and oxygen atoms in total. The Kier molecular flexibility index (Phi) is 5.87. The second-order valence-electron chi connectivity index (χ2n) is 6.33. The van der Waals surface area contributed by atoms with Gasteiger partial charge in [-0.05, 0) is 44.0 Å². The van der Waals surface area contributed by atoms with Crippen molar-refractivity contribution in [3.05, 3.63) is 46.6 Å². The van der Waals surface area contributed by atoms with Crippen molar-refractivity contribution < 1.29 is 14.3 Å². The molecule has 0 aliphatic carbocycles. The van der Waals surface area contributed by atoms with Gasteiger partial charge in [-0.15, -0.1) is 0 Å². The highest BCUT2D eigenvalue weighted by molar-refractivity contribution is 8.00. The zero-order valence-electron chi connectivity index (χ0n) is 15.5. The van der Waals surface area contributed by atoms with Crippen molar-refractivity contribution in [3.63, 3.8) is 0 Å². The summed E-state index contributed by atoms with van der Waals surface area (Å²) in [5.74, 6) is 1.46. The lowest BCUT2D eigenvalue weighted by molar-refractivity contribution is -0.119. The summed E-state index contributed by atoms with van der Waals surface area (Å²) in [6, 6.07) is 9.66. The Hall–Kier alpha value is -2.72. The van der Waals surface area contributed by atoms with Crippen LogP contribution in [0.5, 0.6) is 11.5 Å². The molecule has 3 rings (SSSR count). The maximum atomic E-state index is 12.2. The molecule has 0 fully saturated rings. The van der Waals surface area contributed by atoms with E-state index in [0.717, 1.165) is 22.6 Å². The number of fused-ring (bicyclic) bond motifs is 1. The van der Waals surface area contributed by atoms with Crippen LogP contribution in [-0.2, 0) is 4.79 Å². The maximum absolute atomic E-state index is 12.2. The molecule has 0 saturated heterocycles. The van der Waals surface area contributed by atoms with E-state index in [1.54, 1.807) is 0 Å². The maximum Gasteiger partial charge on any atom is 0.230 e. The van der Waals surface area contributed by atoms with E-state index in [4.69, 9.17) is 9.47 Å². The third-order valence-electron chi connectivity index (χ3n) is 4.51. The van der Waals surface area contributed by atoms with E-state index in [1.165, 1.54) is 11.8 Å². The molecule has 2 heterocycles. The number of hydrogen-bond acceptors (Lipinski definition) is 6. The lowest BCUT2D eigenvalue weighted by atomic mass is 10.1. The van der Waals surface area contributed by atoms with Gasteiger partial charge in [0.15, 0.2) is 11.5 Å². The summed E-state index contributed by atoms with van der Waals surface area (Å²) < 4.78 is 11.5. The summed E-state index contributed by atoms with van der Waals surface area (Å²) in [4.78, 5) is 16.7. The van der Waals surface area contributed by atoms with Gasteiger partial charge >= 0.3 is 0 Å². The number of aromatic nitrogens is 1. The van der Waals surface area contributed by atoms with Gasteiger partial charge in [0, 0.05) is 5.69 Å². The van der Waals surface area contributed by atoms with Crippen LogP contribution in [0.4, 0.5) is 0 Å². The van der Waals surface area contributed by atoms with Crippen LogP contribution in [0.25, 0.3) is 0 Å². The molecule has 1 aromatic heterocycles. The second kappa shape index (κ2) is 8.31. The first-order valence-electron chi connectivity index (χ1n) is 8.65. The normalized spacial score (nSPS) is 15.1. The van der Waals surface area contributed by atoms with Crippen molar-refractivity contribution in [1.29, 1.82) is 5.26 Å². The van der Waals surface area contributed by atoms with Crippen molar-refractivity contribution in [2.45, 2.75) is 31.9 Å². The summed E-state index contributed by atoms with van der Waals surface area (Å²) in [6.07, 6.45) is -0.231. The van der Waals surface area contributed by atoms with Gasteiger partial charge in [0.05, 0.1) is 17.9 Å². The summed E-state index contributed by atoms with van der Waals surface area (Å²) in [7, 11) is 0. The number of amides is 1. The topological polar surface area (TPSA) is 84.2 Å². The minimum Gasteiger partial charge on any atom is -0.486 e. The number of carbonyl (C=O) groups excluding carboxylic acids is 1. The Balaban J connectivity index is 1.53. The predicted octanol–water partition coefficient (Wildman–Crippen LogP) is 2.93. The van der Waals surface area contributed by atoms with Crippen LogP contribution in [-0.4, -0.2) is 35.9 Å². The number of ether oxygens (including phenoxy) is 2. The van der Waals surface area contributed by atoms with Gasteiger partial charge < -0.3 is 14.8 Å². The Labute approximate surface area is 162 Å². The molecular formula is C20H21N3O3S. The van der Waals surface area contributed by atoms with Crippen LogP contribution in [0.15, 0.2) is 29.3 Å². The van der Waals surface area contributed by atoms with Gasteiger partial charge in [0.1, 0.15) is 23.8 Å². The van der Waals surface area contributed by atoms with E-state index in [9.17, 15) is 10.1 Å². The highest BCUT2D eigenvalue weighted by Crippen LogP contribution is 2.30. The van der Waals surface area contributed by atoms with Crippen molar-refractivity contribution in [3.8, 4) is 17.6 Å². The zero-order valence-corrected chi connectivity index (χ0v) is 16.4. The Morgan fingerprint density at radius 3 is 2.78 bits per heavy atom. The first-order chi connectivity index (χ1) is 13.0. The van der Waals surface area contributed by atoms with Crippen LogP contribution in [0.1, 0.15) is 22.4 Å². The molecule has 1 atom stereocenters. The quantitative estimate of drug-likeness (QED) is 0.799. The van der Waals surface area contributed by atoms with Gasteiger partial charge in [-0.1, -0.05) is 23.9 Å². The number of para-hydroxylation sites is 2. The van der Waals surface area contributed by atoms with Crippen molar-refractivity contribution in [1.82, 2.24) is 10.3 Å². The number of benzene rings is 1. The number of nitrogens with zero attached hydrogens (tertiary/aromatic N) is 2. The first-order valence-corrected chi connectivity index (χ1v) is 9.64. The molecule has 0 unspecified atom stereocenters. The summed E-state index contributed by atoms with van der Waals surface area (Å²) >= 11 is 1.27. The van der Waals surface area contributed by atoms with Crippen LogP contribution in [0.2, 0.25) is 0 Å². The Bertz CT molecular complexity index is 908. The zero-order chi connectivity index (χ0) is 19.4. The number of aryl methyl sites for hydroxylation is 1. The number of hydrogen-bond donors (Lipinski definition) is 1. The van der Waals surface area contributed by atoms with Crippen molar-refractivity contribution in [2.75, 3.05) is 18.9 Å². The molecule has 1 aromatic carbocycles. The smallest absolute Gasteiger partial charge is 0.230 e. The minimum absolute atomic E-state index is 0.135. The van der Waals surface area contributed by atoms with Crippen molar-refractivity contribution >= 4 is 17.7 Å². The first kappa shape index (κ1) is 19.1. The third-order valence-corrected chi connectivity index (χ3v) is 5.48. The van der Waals surface area contributed by atoms with E-state index < -0.39 is 0 Å². The lowest BCUT2D eigenvalue weighted by Gasteiger charge is -2.26. The summed E-state index contributed by atoms with van der Waals surface area (Å²) in [5, 5.41) is 12.9. The number of nitriles is 1. The molecule has 1 aliphatic rings. The number of pyridine rings is 1. The van der Waals surface area contributed by atoms with Gasteiger partial charge in [-0.3, -0.25) is 4.79 Å². The van der Waals surface area contributed by atoms with E-state index in [-0.39, 0.29) is 17.8 Å². The molecule has 0 bridgehead atoms. The van der Waals surface area contributed by atoms with Gasteiger partial charge in [0.2, 0.25) is 5.91 Å². The van der Waals surface area contributed by atoms with Gasteiger partial charge in [-0.25, -0.2) is 4.98 Å². The molecular weight excluding hydrogens is 362 g/mol. The molecule has 0 spiro atoms. The fraction of sp³-hybridized carbons (Fsp3) is 0.350. The predicted molar refractivity (Wildman–Crippen MR) is 103 cm³/mol. The van der Waals surface area contributed by atoms with Crippen LogP contribution < -0.4 is 14.8 Å². The van der Waals surface area contributed by atoms with Gasteiger partial charge in [0.25, 0.3) is 0 Å². The average Bonchev–Trinajstić information content (AvgIpc) is 2.68.